The van der Waals surface area contributed by atoms with Gasteiger partial charge in [0.1, 0.15) is 5.69 Å². The number of carbonyl (C=O) groups is 1. The molecule has 2 rings (SSSR count). The van der Waals surface area contributed by atoms with Crippen molar-refractivity contribution < 1.29 is 13.2 Å². The lowest BCUT2D eigenvalue weighted by Gasteiger charge is -2.09. The van der Waals surface area contributed by atoms with Gasteiger partial charge in [0.25, 0.3) is 5.91 Å². The summed E-state index contributed by atoms with van der Waals surface area (Å²) in [4.78, 5) is 15.9. The summed E-state index contributed by atoms with van der Waals surface area (Å²) in [6, 6.07) is 9.99. The Morgan fingerprint density at radius 1 is 1.09 bits per heavy atom. The predicted molar refractivity (Wildman–Crippen MR) is 87.7 cm³/mol. The van der Waals surface area contributed by atoms with E-state index < -0.39 is 10.0 Å². The molecule has 6 nitrogen and oxygen atoms in total. The molecule has 0 spiro atoms. The van der Waals surface area contributed by atoms with Gasteiger partial charge in [0.2, 0.25) is 10.0 Å². The highest BCUT2D eigenvalue weighted by molar-refractivity contribution is 7.89. The average Bonchev–Trinajstić information content (AvgIpc) is 2.54. The molecule has 7 heteroatoms. The van der Waals surface area contributed by atoms with Crippen molar-refractivity contribution in [3.63, 3.8) is 0 Å². The summed E-state index contributed by atoms with van der Waals surface area (Å²) in [7, 11) is -3.58. The molecule has 2 N–H and O–H groups in total. The summed E-state index contributed by atoms with van der Waals surface area (Å²) in [5.74, 6) is -0.337. The third kappa shape index (κ3) is 4.61. The van der Waals surface area contributed by atoms with E-state index in [0.29, 0.717) is 5.69 Å². The Morgan fingerprint density at radius 3 is 2.52 bits per heavy atom. The molecule has 0 saturated heterocycles. The Labute approximate surface area is 136 Å². The predicted octanol–water partition coefficient (Wildman–Crippen LogP) is 1.41. The van der Waals surface area contributed by atoms with Crippen molar-refractivity contribution in [1.29, 1.82) is 0 Å². The number of aryl methyl sites for hydroxylation is 2. The number of rotatable bonds is 6. The van der Waals surface area contributed by atoms with Gasteiger partial charge in [-0.15, -0.1) is 0 Å². The number of sulfonamides is 1. The largest absolute Gasteiger partial charge is 0.349 e. The zero-order valence-corrected chi connectivity index (χ0v) is 13.9. The van der Waals surface area contributed by atoms with Gasteiger partial charge in [0, 0.05) is 19.3 Å². The molecule has 0 radical (unpaired) electrons. The van der Waals surface area contributed by atoms with Crippen LogP contribution in [0.15, 0.2) is 47.5 Å². The lowest BCUT2D eigenvalue weighted by molar-refractivity contribution is 0.0949. The van der Waals surface area contributed by atoms with Crippen LogP contribution in [0.3, 0.4) is 0 Å². The zero-order valence-electron chi connectivity index (χ0n) is 13.0. The van der Waals surface area contributed by atoms with Crippen molar-refractivity contribution in [3.05, 3.63) is 59.4 Å². The standard InChI is InChI=1S/C16H19N3O3S/c1-12-6-7-14(11-13(12)2)23(21,22)19-10-9-18-16(20)15-5-3-4-8-17-15/h3-8,11,19H,9-10H2,1-2H3,(H,18,20). The highest BCUT2D eigenvalue weighted by atomic mass is 32.2. The van der Waals surface area contributed by atoms with Gasteiger partial charge in [0.05, 0.1) is 4.90 Å². The molecule has 0 saturated carbocycles. The SMILES string of the molecule is Cc1ccc(S(=O)(=O)NCCNC(=O)c2ccccn2)cc1C. The second-order valence-electron chi connectivity index (χ2n) is 5.11. The molecule has 0 aliphatic heterocycles. The summed E-state index contributed by atoms with van der Waals surface area (Å²) in [5.41, 5.74) is 2.24. The molecule has 2 aromatic rings. The molecule has 0 aliphatic rings. The number of benzene rings is 1. The molecule has 0 unspecified atom stereocenters. The van der Waals surface area contributed by atoms with E-state index in [0.717, 1.165) is 11.1 Å². The topological polar surface area (TPSA) is 88.2 Å². The van der Waals surface area contributed by atoms with Gasteiger partial charge in [-0.05, 0) is 49.2 Å². The maximum Gasteiger partial charge on any atom is 0.269 e. The van der Waals surface area contributed by atoms with Crippen molar-refractivity contribution in [1.82, 2.24) is 15.0 Å². The van der Waals surface area contributed by atoms with E-state index in [2.05, 4.69) is 15.0 Å². The van der Waals surface area contributed by atoms with Gasteiger partial charge in [-0.1, -0.05) is 12.1 Å². The van der Waals surface area contributed by atoms with Crippen LogP contribution >= 0.6 is 0 Å². The average molecular weight is 333 g/mol. The van der Waals surface area contributed by atoms with Gasteiger partial charge in [-0.2, -0.15) is 0 Å². The first kappa shape index (κ1) is 17.1. The Balaban J connectivity index is 1.88. The van der Waals surface area contributed by atoms with E-state index in [9.17, 15) is 13.2 Å². The Hall–Kier alpha value is -2.25. The molecule has 0 fully saturated rings. The van der Waals surface area contributed by atoms with Gasteiger partial charge >= 0.3 is 0 Å². The van der Waals surface area contributed by atoms with Crippen LogP contribution in [0.25, 0.3) is 0 Å². The summed E-state index contributed by atoms with van der Waals surface area (Å²) >= 11 is 0. The van der Waals surface area contributed by atoms with Gasteiger partial charge in [0.15, 0.2) is 0 Å². The Morgan fingerprint density at radius 2 is 1.87 bits per heavy atom. The molecule has 1 aromatic heterocycles. The molecular formula is C16H19N3O3S. The number of amides is 1. The molecule has 0 bridgehead atoms. The summed E-state index contributed by atoms with van der Waals surface area (Å²) in [6.45, 7) is 4.07. The maximum atomic E-state index is 12.2. The molecule has 1 heterocycles. The van der Waals surface area contributed by atoms with Crippen LogP contribution in [0, 0.1) is 13.8 Å². The number of nitrogens with one attached hydrogen (secondary N) is 2. The normalized spacial score (nSPS) is 11.2. The number of carbonyl (C=O) groups excluding carboxylic acids is 1. The van der Waals surface area contributed by atoms with E-state index in [1.54, 1.807) is 36.4 Å². The molecule has 1 aromatic carbocycles. The van der Waals surface area contributed by atoms with Crippen molar-refractivity contribution in [2.75, 3.05) is 13.1 Å². The molecule has 122 valence electrons. The van der Waals surface area contributed by atoms with Crippen molar-refractivity contribution in [2.24, 2.45) is 0 Å². The third-order valence-electron chi connectivity index (χ3n) is 3.39. The fourth-order valence-corrected chi connectivity index (χ4v) is 3.03. The Bertz CT molecular complexity index is 789. The minimum absolute atomic E-state index is 0.105. The summed E-state index contributed by atoms with van der Waals surface area (Å²) in [6.07, 6.45) is 1.53. The number of aromatic nitrogens is 1. The van der Waals surface area contributed by atoms with Crippen LogP contribution in [0.1, 0.15) is 21.6 Å². The Kier molecular flexibility index (Phi) is 5.46. The van der Waals surface area contributed by atoms with Crippen LogP contribution in [-0.2, 0) is 10.0 Å². The van der Waals surface area contributed by atoms with Crippen LogP contribution in [0.5, 0.6) is 0 Å². The van der Waals surface area contributed by atoms with Gasteiger partial charge in [-0.25, -0.2) is 13.1 Å². The summed E-state index contributed by atoms with van der Waals surface area (Å²) in [5, 5.41) is 2.62. The first-order valence-electron chi connectivity index (χ1n) is 7.16. The van der Waals surface area contributed by atoms with Crippen LogP contribution in [0.2, 0.25) is 0 Å². The molecular weight excluding hydrogens is 314 g/mol. The lowest BCUT2D eigenvalue weighted by atomic mass is 10.1. The minimum Gasteiger partial charge on any atom is -0.349 e. The zero-order chi connectivity index (χ0) is 16.9. The maximum absolute atomic E-state index is 12.2. The van der Waals surface area contributed by atoms with Crippen LogP contribution in [0.4, 0.5) is 0 Å². The molecule has 0 aliphatic carbocycles. The molecule has 1 amide bonds. The monoisotopic (exact) mass is 333 g/mol. The first-order chi connectivity index (χ1) is 10.9. The number of pyridine rings is 1. The van der Waals surface area contributed by atoms with Crippen molar-refractivity contribution in [3.8, 4) is 0 Å². The fraction of sp³-hybridized carbons (Fsp3) is 0.250. The number of hydrogen-bond donors (Lipinski definition) is 2. The third-order valence-corrected chi connectivity index (χ3v) is 4.85. The van der Waals surface area contributed by atoms with E-state index in [1.807, 2.05) is 13.8 Å². The fourth-order valence-electron chi connectivity index (χ4n) is 1.91. The molecule has 0 atom stereocenters. The number of nitrogens with zero attached hydrogens (tertiary/aromatic N) is 1. The van der Waals surface area contributed by atoms with E-state index in [4.69, 9.17) is 0 Å². The highest BCUT2D eigenvalue weighted by Gasteiger charge is 2.14. The highest BCUT2D eigenvalue weighted by Crippen LogP contribution is 2.14. The quantitative estimate of drug-likeness (QED) is 0.782. The lowest BCUT2D eigenvalue weighted by Crippen LogP contribution is -2.35. The van der Waals surface area contributed by atoms with Gasteiger partial charge in [-0.3, -0.25) is 9.78 Å². The second kappa shape index (κ2) is 7.34. The molecule has 23 heavy (non-hydrogen) atoms. The second-order valence-corrected chi connectivity index (χ2v) is 6.88. The van der Waals surface area contributed by atoms with Crippen molar-refractivity contribution in [2.45, 2.75) is 18.7 Å². The minimum atomic E-state index is -3.58. The van der Waals surface area contributed by atoms with E-state index in [1.165, 1.54) is 6.20 Å². The first-order valence-corrected chi connectivity index (χ1v) is 8.64. The van der Waals surface area contributed by atoms with E-state index >= 15 is 0 Å². The summed E-state index contributed by atoms with van der Waals surface area (Å²) < 4.78 is 26.8. The van der Waals surface area contributed by atoms with Crippen LogP contribution < -0.4 is 10.0 Å². The van der Waals surface area contributed by atoms with Crippen molar-refractivity contribution >= 4 is 15.9 Å². The smallest absolute Gasteiger partial charge is 0.269 e. The number of hydrogen-bond acceptors (Lipinski definition) is 4. The van der Waals surface area contributed by atoms with Crippen LogP contribution in [-0.4, -0.2) is 32.4 Å². The van der Waals surface area contributed by atoms with Gasteiger partial charge < -0.3 is 5.32 Å². The van der Waals surface area contributed by atoms with E-state index in [-0.39, 0.29) is 23.9 Å².